The average molecular weight is 1160 g/mol. The molecule has 230 valence electrons. The van der Waals surface area contributed by atoms with Gasteiger partial charge in [0.15, 0.2) is 5.75 Å². The summed E-state index contributed by atoms with van der Waals surface area (Å²) in [7, 11) is 0. The van der Waals surface area contributed by atoms with E-state index in [4.69, 9.17) is 19.9 Å². The number of ether oxygens (including phenoxy) is 3. The average Bonchev–Trinajstić information content (AvgIpc) is 2.98. The number of carboxylic acid groups (broad SMARTS) is 1. The van der Waals surface area contributed by atoms with Crippen molar-refractivity contribution < 1.29 is 34.0 Å². The van der Waals surface area contributed by atoms with E-state index < -0.39 is 24.0 Å². The van der Waals surface area contributed by atoms with Crippen LogP contribution in [0.5, 0.6) is 34.5 Å². The molecule has 0 saturated heterocycles. The summed E-state index contributed by atoms with van der Waals surface area (Å²) in [6, 6.07) is 19.6. The number of carboxylic acids is 1. The second-order valence-corrected chi connectivity index (χ2v) is 14.7. The fourth-order valence-electron chi connectivity index (χ4n) is 3.89. The number of aromatic hydroxyl groups is 1. The van der Waals surface area contributed by atoms with Crippen molar-refractivity contribution in [1.82, 2.24) is 3.53 Å². The molecule has 0 heterocycles. The zero-order valence-electron chi connectivity index (χ0n) is 22.4. The summed E-state index contributed by atoms with van der Waals surface area (Å²) in [5, 5.41) is 19.2. The Morgan fingerprint density at radius 1 is 0.727 bits per heavy atom. The molecule has 5 N–H and O–H groups in total. The van der Waals surface area contributed by atoms with Crippen LogP contribution in [0.3, 0.4) is 0 Å². The van der Waals surface area contributed by atoms with Crippen LogP contribution in [0.25, 0.3) is 0 Å². The molecule has 0 spiro atoms. The first-order valence-electron chi connectivity index (χ1n) is 12.7. The third kappa shape index (κ3) is 9.89. The third-order valence-electron chi connectivity index (χ3n) is 6.10. The Kier molecular flexibility index (Phi) is 13.4. The zero-order chi connectivity index (χ0) is 32.0. The predicted molar refractivity (Wildman–Crippen MR) is 208 cm³/mol. The lowest BCUT2D eigenvalue weighted by molar-refractivity contribution is -0.139. The van der Waals surface area contributed by atoms with Crippen molar-refractivity contribution in [1.29, 1.82) is 0 Å². The van der Waals surface area contributed by atoms with Gasteiger partial charge in [-0.1, -0.05) is 12.1 Å². The minimum Gasteiger partial charge on any atom is -0.506 e. The summed E-state index contributed by atoms with van der Waals surface area (Å²) in [4.78, 5) is 24.0. The van der Waals surface area contributed by atoms with Crippen LogP contribution >= 0.6 is 113 Å². The van der Waals surface area contributed by atoms with Crippen LogP contribution < -0.4 is 23.5 Å². The molecule has 0 bridgehead atoms. The molecule has 0 radical (unpaired) electrons. The van der Waals surface area contributed by atoms with E-state index in [1.165, 1.54) is 0 Å². The number of carbonyl (C=O) groups is 2. The monoisotopic (exact) mass is 1160 g/mol. The normalized spacial score (nSPS) is 12.3. The molecular weight excluding hydrogens is 1130 g/mol. The number of rotatable bonds is 12. The van der Waals surface area contributed by atoms with Gasteiger partial charge in [-0.3, -0.25) is 4.79 Å². The van der Waals surface area contributed by atoms with Gasteiger partial charge in [0.2, 0.25) is 0 Å². The molecule has 4 aromatic rings. The lowest BCUT2D eigenvalue weighted by atomic mass is 10.1. The fraction of sp³-hybridized carbons (Fsp3) is 0.133. The predicted octanol–water partition coefficient (Wildman–Crippen LogP) is 7.81. The smallest absolute Gasteiger partial charge is 0.328 e. The van der Waals surface area contributed by atoms with Crippen LogP contribution in [0.4, 0.5) is 0 Å². The Bertz CT molecular complexity index is 1610. The van der Waals surface area contributed by atoms with Crippen molar-refractivity contribution in [3.63, 3.8) is 0 Å². The van der Waals surface area contributed by atoms with Crippen molar-refractivity contribution >= 4 is 125 Å². The molecule has 0 fully saturated rings. The molecule has 4 aromatic carbocycles. The summed E-state index contributed by atoms with van der Waals surface area (Å²) in [6.07, 6.45) is 0.622. The van der Waals surface area contributed by atoms with Crippen LogP contribution in [-0.2, 0) is 22.4 Å². The molecule has 0 amide bonds. The fourth-order valence-corrected chi connectivity index (χ4v) is 8.20. The van der Waals surface area contributed by atoms with Crippen LogP contribution in [0.1, 0.15) is 11.1 Å². The van der Waals surface area contributed by atoms with Gasteiger partial charge in [-0.25, -0.2) is 8.32 Å². The largest absolute Gasteiger partial charge is 0.506 e. The number of halogens is 5. The van der Waals surface area contributed by atoms with Crippen LogP contribution in [0.15, 0.2) is 72.8 Å². The second kappa shape index (κ2) is 16.6. The number of hydrogen-bond donors (Lipinski definition) is 4. The molecule has 9 nitrogen and oxygen atoms in total. The van der Waals surface area contributed by atoms with Gasteiger partial charge in [0.25, 0.3) is 0 Å². The molecule has 4 rings (SSSR count). The maximum Gasteiger partial charge on any atom is 0.328 e. The van der Waals surface area contributed by atoms with Gasteiger partial charge in [0.05, 0.1) is 14.3 Å². The Hall–Kier alpha value is -1.21. The van der Waals surface area contributed by atoms with E-state index in [1.807, 2.05) is 47.1 Å². The number of phenolic OH excluding ortho intramolecular Hbond substituents is 1. The van der Waals surface area contributed by atoms with Gasteiger partial charge in [0.1, 0.15) is 40.8 Å². The highest BCUT2D eigenvalue weighted by molar-refractivity contribution is 14.1. The summed E-state index contributed by atoms with van der Waals surface area (Å²) in [5.74, 6) is 1.52. The van der Waals surface area contributed by atoms with E-state index in [0.29, 0.717) is 42.3 Å². The highest BCUT2D eigenvalue weighted by Gasteiger charge is 2.20. The number of esters is 1. The quantitative estimate of drug-likeness (QED) is 0.0485. The maximum atomic E-state index is 12.8. The summed E-state index contributed by atoms with van der Waals surface area (Å²) in [6.45, 7) is 0. The van der Waals surface area contributed by atoms with Crippen LogP contribution in [0, 0.1) is 14.3 Å². The standard InChI is InChI=1S/C30H23I5N2O7/c31-21-13-20(14-22(32)27(21)38)43-28-23(33)9-16(10-24(28)34)11-25(36)30(41)44-19-7-5-18(6-8-19)42-17-3-1-15(2-4-17)12-26(37-35)29(39)40/h1-10,13-14,25-26,37-38H,11-12,36H2,(H,39,40)/t25-,26-/m0/s1. The van der Waals surface area contributed by atoms with Crippen molar-refractivity contribution in [2.45, 2.75) is 24.9 Å². The van der Waals surface area contributed by atoms with Gasteiger partial charge < -0.3 is 30.2 Å². The zero-order valence-corrected chi connectivity index (χ0v) is 33.2. The molecule has 0 aliphatic heterocycles. The summed E-state index contributed by atoms with van der Waals surface area (Å²) >= 11 is 10.3. The Balaban J connectivity index is 1.32. The molecule has 0 aliphatic carbocycles. The van der Waals surface area contributed by atoms with Gasteiger partial charge in [0, 0.05) is 22.9 Å². The lowest BCUT2D eigenvalue weighted by Crippen LogP contribution is -2.36. The molecule has 0 aliphatic rings. The number of benzene rings is 4. The molecule has 14 heteroatoms. The maximum absolute atomic E-state index is 12.8. The highest BCUT2D eigenvalue weighted by atomic mass is 127. The Morgan fingerprint density at radius 2 is 1.25 bits per heavy atom. The second-order valence-electron chi connectivity index (χ2n) is 9.38. The Labute approximate surface area is 322 Å². The number of carbonyl (C=O) groups excluding carboxylic acids is 1. The summed E-state index contributed by atoms with van der Waals surface area (Å²) < 4.78 is 23.3. The SMILES string of the molecule is N[C@@H](Cc1cc(I)c(Oc2cc(I)c(O)c(I)c2)c(I)c1)C(=O)Oc1ccc(Oc2ccc(C[C@H](NI)C(=O)O)cc2)cc1. The van der Waals surface area contributed by atoms with E-state index in [0.717, 1.165) is 18.3 Å². The molecular formula is C30H23I5N2O7. The molecule has 0 unspecified atom stereocenters. The van der Waals surface area contributed by atoms with Gasteiger partial charge in [-0.05, 0) is 175 Å². The first kappa shape index (κ1) is 35.6. The van der Waals surface area contributed by atoms with E-state index in [2.05, 4.69) is 93.9 Å². The van der Waals surface area contributed by atoms with Crippen LogP contribution in [0.2, 0.25) is 0 Å². The van der Waals surface area contributed by atoms with E-state index >= 15 is 0 Å². The van der Waals surface area contributed by atoms with Crippen molar-refractivity contribution in [3.8, 4) is 34.5 Å². The minimum atomic E-state index is -0.914. The van der Waals surface area contributed by atoms with Gasteiger partial charge in [-0.2, -0.15) is 0 Å². The molecule has 0 saturated carbocycles. The molecule has 2 atom stereocenters. The number of nitrogens with one attached hydrogen (secondary N) is 1. The lowest BCUT2D eigenvalue weighted by Gasteiger charge is -2.15. The molecule has 44 heavy (non-hydrogen) atoms. The first-order valence-corrected chi connectivity index (χ1v) is 18.1. The minimum absolute atomic E-state index is 0.227. The topological polar surface area (TPSA) is 140 Å². The van der Waals surface area contributed by atoms with Gasteiger partial charge >= 0.3 is 11.9 Å². The van der Waals surface area contributed by atoms with E-state index in [9.17, 15) is 19.8 Å². The number of hydrogen-bond acceptors (Lipinski definition) is 8. The third-order valence-corrected chi connectivity index (χ3v) is 10.1. The van der Waals surface area contributed by atoms with Crippen molar-refractivity contribution in [3.05, 3.63) is 98.2 Å². The molecule has 0 aromatic heterocycles. The highest BCUT2D eigenvalue weighted by Crippen LogP contribution is 2.37. The van der Waals surface area contributed by atoms with E-state index in [1.54, 1.807) is 48.5 Å². The van der Waals surface area contributed by atoms with E-state index in [-0.39, 0.29) is 12.2 Å². The van der Waals surface area contributed by atoms with Crippen molar-refractivity contribution in [2.75, 3.05) is 0 Å². The van der Waals surface area contributed by atoms with Crippen LogP contribution in [-0.4, -0.2) is 34.2 Å². The van der Waals surface area contributed by atoms with Gasteiger partial charge in [-0.15, -0.1) is 0 Å². The first-order chi connectivity index (χ1) is 20.9. The number of nitrogens with two attached hydrogens (primary N) is 1. The number of phenols is 1. The Morgan fingerprint density at radius 3 is 1.77 bits per heavy atom. The number of aliphatic carboxylic acids is 1. The van der Waals surface area contributed by atoms with Crippen molar-refractivity contribution in [2.24, 2.45) is 5.73 Å². The summed E-state index contributed by atoms with van der Waals surface area (Å²) in [5.41, 5.74) is 7.93.